The Hall–Kier alpha value is -3.41. The molecule has 2 amide bonds. The lowest BCUT2D eigenvalue weighted by Gasteiger charge is -2.18. The highest BCUT2D eigenvalue weighted by atomic mass is 19.1. The average Bonchev–Trinajstić information content (AvgIpc) is 3.34. The molecule has 4 rings (SSSR count). The van der Waals surface area contributed by atoms with Gasteiger partial charge in [0, 0.05) is 31.0 Å². The van der Waals surface area contributed by atoms with E-state index in [9.17, 15) is 14.0 Å². The van der Waals surface area contributed by atoms with Gasteiger partial charge < -0.3 is 10.2 Å². The van der Waals surface area contributed by atoms with E-state index in [1.807, 2.05) is 24.3 Å². The maximum atomic E-state index is 13.3. The fraction of sp³-hybridized carbons (Fsp3) is 0.217. The Morgan fingerprint density at radius 2 is 1.62 bits per heavy atom. The lowest BCUT2D eigenvalue weighted by atomic mass is 10.0. The summed E-state index contributed by atoms with van der Waals surface area (Å²) in [6.45, 7) is 5.84. The summed E-state index contributed by atoms with van der Waals surface area (Å²) in [7, 11) is 0. The van der Waals surface area contributed by atoms with Crippen LogP contribution in [-0.2, 0) is 9.59 Å². The first-order valence-corrected chi connectivity index (χ1v) is 9.68. The maximum Gasteiger partial charge on any atom is 0.278 e. The predicted octanol–water partition coefficient (Wildman–Crippen LogP) is 3.80. The van der Waals surface area contributed by atoms with Gasteiger partial charge in [0.2, 0.25) is 0 Å². The van der Waals surface area contributed by atoms with Crippen molar-refractivity contribution >= 4 is 28.8 Å². The number of hydrogen-bond acceptors (Lipinski definition) is 4. The van der Waals surface area contributed by atoms with Crippen LogP contribution in [0.5, 0.6) is 0 Å². The van der Waals surface area contributed by atoms with Gasteiger partial charge in [0.15, 0.2) is 0 Å². The molecular formula is C23H22FN3O2. The second-order valence-electron chi connectivity index (χ2n) is 7.13. The summed E-state index contributed by atoms with van der Waals surface area (Å²) in [5, 5.41) is 3.11. The molecule has 2 heterocycles. The van der Waals surface area contributed by atoms with Crippen LogP contribution in [0, 0.1) is 5.82 Å². The van der Waals surface area contributed by atoms with Crippen molar-refractivity contribution in [3.8, 4) is 0 Å². The van der Waals surface area contributed by atoms with Crippen LogP contribution in [0.4, 0.5) is 15.8 Å². The van der Waals surface area contributed by atoms with E-state index in [1.165, 1.54) is 43.2 Å². The van der Waals surface area contributed by atoms with Crippen LogP contribution in [0.25, 0.3) is 5.57 Å². The van der Waals surface area contributed by atoms with Crippen molar-refractivity contribution in [3.63, 3.8) is 0 Å². The number of anilines is 2. The minimum Gasteiger partial charge on any atom is -0.372 e. The van der Waals surface area contributed by atoms with Gasteiger partial charge in [0.1, 0.15) is 11.5 Å². The Morgan fingerprint density at radius 3 is 2.24 bits per heavy atom. The van der Waals surface area contributed by atoms with E-state index >= 15 is 0 Å². The fourth-order valence-electron chi connectivity index (χ4n) is 3.75. The Balaban J connectivity index is 1.67. The predicted molar refractivity (Wildman–Crippen MR) is 112 cm³/mol. The van der Waals surface area contributed by atoms with Crippen LogP contribution in [0.2, 0.25) is 0 Å². The molecule has 1 N–H and O–H groups in total. The van der Waals surface area contributed by atoms with Gasteiger partial charge >= 0.3 is 0 Å². The zero-order valence-electron chi connectivity index (χ0n) is 16.0. The van der Waals surface area contributed by atoms with Crippen molar-refractivity contribution in [3.05, 3.63) is 78.3 Å². The Kier molecular flexibility index (Phi) is 5.16. The SMILES string of the molecule is C=CCN1C(=O)C(Nc2ccc(N3CCCC3)cc2)=C(c2ccc(F)cc2)C1=O. The first-order chi connectivity index (χ1) is 14.1. The average molecular weight is 391 g/mol. The van der Waals surface area contributed by atoms with Gasteiger partial charge in [-0.1, -0.05) is 18.2 Å². The fourth-order valence-corrected chi connectivity index (χ4v) is 3.75. The van der Waals surface area contributed by atoms with Crippen LogP contribution in [0.1, 0.15) is 18.4 Å². The molecule has 2 aromatic rings. The van der Waals surface area contributed by atoms with E-state index in [1.54, 1.807) is 0 Å². The molecule has 2 aromatic carbocycles. The molecule has 1 fully saturated rings. The molecule has 5 nitrogen and oxygen atoms in total. The number of halogens is 1. The molecule has 6 heteroatoms. The highest BCUT2D eigenvalue weighted by Gasteiger charge is 2.38. The Morgan fingerprint density at radius 1 is 0.966 bits per heavy atom. The molecule has 0 radical (unpaired) electrons. The summed E-state index contributed by atoms with van der Waals surface area (Å²) in [6.07, 6.45) is 3.90. The van der Waals surface area contributed by atoms with Gasteiger partial charge in [-0.15, -0.1) is 6.58 Å². The van der Waals surface area contributed by atoms with Crippen LogP contribution in [0.3, 0.4) is 0 Å². The highest BCUT2D eigenvalue weighted by molar-refractivity contribution is 6.36. The summed E-state index contributed by atoms with van der Waals surface area (Å²) in [6, 6.07) is 13.4. The number of hydrogen-bond donors (Lipinski definition) is 1. The van der Waals surface area contributed by atoms with Crippen LogP contribution >= 0.6 is 0 Å². The standard InChI is InChI=1S/C23H22FN3O2/c1-2-13-27-22(28)20(16-5-7-17(24)8-6-16)21(23(27)29)25-18-9-11-19(12-10-18)26-14-3-4-15-26/h2,5-12,25H,1,3-4,13-15H2. The van der Waals surface area contributed by atoms with Crippen molar-refractivity contribution in [2.75, 3.05) is 29.9 Å². The number of amides is 2. The molecule has 0 bridgehead atoms. The third-order valence-corrected chi connectivity index (χ3v) is 5.22. The Labute approximate surface area is 169 Å². The van der Waals surface area contributed by atoms with Crippen molar-refractivity contribution < 1.29 is 14.0 Å². The van der Waals surface area contributed by atoms with E-state index in [4.69, 9.17) is 0 Å². The lowest BCUT2D eigenvalue weighted by Crippen LogP contribution is -2.32. The zero-order valence-corrected chi connectivity index (χ0v) is 16.0. The first kappa shape index (κ1) is 18.9. The molecule has 0 spiro atoms. The summed E-state index contributed by atoms with van der Waals surface area (Å²) < 4.78 is 13.3. The van der Waals surface area contributed by atoms with Crippen molar-refractivity contribution in [1.29, 1.82) is 0 Å². The van der Waals surface area contributed by atoms with Crippen molar-refractivity contribution in [1.82, 2.24) is 4.90 Å². The molecule has 0 aromatic heterocycles. The lowest BCUT2D eigenvalue weighted by molar-refractivity contribution is -0.136. The summed E-state index contributed by atoms with van der Waals surface area (Å²) >= 11 is 0. The Bertz CT molecular complexity index is 974. The number of rotatable bonds is 6. The molecule has 2 aliphatic heterocycles. The van der Waals surface area contributed by atoms with Gasteiger partial charge in [0.25, 0.3) is 11.8 Å². The molecule has 0 aliphatic carbocycles. The normalized spacial score (nSPS) is 16.7. The number of benzene rings is 2. The zero-order chi connectivity index (χ0) is 20.4. The highest BCUT2D eigenvalue weighted by Crippen LogP contribution is 2.31. The molecule has 29 heavy (non-hydrogen) atoms. The van der Waals surface area contributed by atoms with Crippen molar-refractivity contribution in [2.45, 2.75) is 12.8 Å². The quantitative estimate of drug-likeness (QED) is 0.601. The maximum absolute atomic E-state index is 13.3. The number of carbonyl (C=O) groups excluding carboxylic acids is 2. The largest absolute Gasteiger partial charge is 0.372 e. The van der Waals surface area contributed by atoms with Gasteiger partial charge in [-0.3, -0.25) is 14.5 Å². The third kappa shape index (κ3) is 3.66. The van der Waals surface area contributed by atoms with Crippen LogP contribution in [-0.4, -0.2) is 36.3 Å². The topological polar surface area (TPSA) is 52.7 Å². The number of nitrogens with one attached hydrogen (secondary N) is 1. The number of carbonyl (C=O) groups is 2. The molecule has 0 unspecified atom stereocenters. The number of imide groups is 1. The molecular weight excluding hydrogens is 369 g/mol. The molecule has 148 valence electrons. The van der Waals surface area contributed by atoms with Crippen LogP contribution < -0.4 is 10.2 Å². The van der Waals surface area contributed by atoms with E-state index < -0.39 is 17.6 Å². The van der Waals surface area contributed by atoms with Gasteiger partial charge in [-0.2, -0.15) is 0 Å². The molecule has 2 aliphatic rings. The van der Waals surface area contributed by atoms with Crippen molar-refractivity contribution in [2.24, 2.45) is 0 Å². The van der Waals surface area contributed by atoms with E-state index in [0.717, 1.165) is 23.7 Å². The third-order valence-electron chi connectivity index (χ3n) is 5.22. The van der Waals surface area contributed by atoms with Gasteiger partial charge in [-0.25, -0.2) is 4.39 Å². The minimum atomic E-state index is -0.419. The van der Waals surface area contributed by atoms with E-state index in [-0.39, 0.29) is 17.8 Å². The molecule has 1 saturated heterocycles. The summed E-state index contributed by atoms with van der Waals surface area (Å²) in [5.74, 6) is -1.24. The van der Waals surface area contributed by atoms with Gasteiger partial charge in [-0.05, 0) is 54.8 Å². The van der Waals surface area contributed by atoms with Crippen LogP contribution in [0.15, 0.2) is 66.9 Å². The molecule has 0 atom stereocenters. The second kappa shape index (κ2) is 7.91. The summed E-state index contributed by atoms with van der Waals surface area (Å²) in [5.41, 5.74) is 2.78. The van der Waals surface area contributed by atoms with E-state index in [2.05, 4.69) is 16.8 Å². The monoisotopic (exact) mass is 391 g/mol. The first-order valence-electron chi connectivity index (χ1n) is 9.68. The second-order valence-corrected chi connectivity index (χ2v) is 7.13. The van der Waals surface area contributed by atoms with E-state index in [0.29, 0.717) is 11.3 Å². The number of nitrogens with zero attached hydrogens (tertiary/aromatic N) is 2. The van der Waals surface area contributed by atoms with Gasteiger partial charge in [0.05, 0.1) is 5.57 Å². The minimum absolute atomic E-state index is 0.113. The smallest absolute Gasteiger partial charge is 0.278 e. The molecule has 0 saturated carbocycles. The summed E-state index contributed by atoms with van der Waals surface area (Å²) in [4.78, 5) is 29.2.